The van der Waals surface area contributed by atoms with E-state index in [2.05, 4.69) is 10.2 Å². The van der Waals surface area contributed by atoms with Gasteiger partial charge in [0, 0.05) is 38.6 Å². The first-order valence-electron chi connectivity index (χ1n) is 9.12. The molecule has 2 amide bonds. The Morgan fingerprint density at radius 2 is 1.88 bits per heavy atom. The Hall–Kier alpha value is -2.15. The molecule has 0 spiro atoms. The predicted octanol–water partition coefficient (Wildman–Crippen LogP) is 1.65. The van der Waals surface area contributed by atoms with E-state index in [4.69, 9.17) is 4.74 Å². The van der Waals surface area contributed by atoms with Gasteiger partial charge in [0.15, 0.2) is 11.6 Å². The smallest absolute Gasteiger partial charge is 0.234 e. The SMILES string of the molecule is CC(C)NC(=O)CN1CCN(C(=O)CCCOc2ccccc2F)CC1. The largest absolute Gasteiger partial charge is 0.491 e. The maximum Gasteiger partial charge on any atom is 0.234 e. The standard InChI is InChI=1S/C19H28FN3O3/c1-15(2)21-18(24)14-22-9-11-23(12-10-22)19(25)8-5-13-26-17-7-4-3-6-16(17)20/h3-4,6-7,15H,5,8-14H2,1-2H3,(H,21,24). The Morgan fingerprint density at radius 3 is 2.54 bits per heavy atom. The van der Waals surface area contributed by atoms with E-state index in [0.29, 0.717) is 52.2 Å². The molecule has 144 valence electrons. The number of rotatable bonds is 8. The number of piperazine rings is 1. The van der Waals surface area contributed by atoms with Crippen LogP contribution in [0.3, 0.4) is 0 Å². The Kier molecular flexibility index (Phi) is 7.84. The van der Waals surface area contributed by atoms with Crippen LogP contribution in [-0.4, -0.2) is 67.0 Å². The Labute approximate surface area is 154 Å². The highest BCUT2D eigenvalue weighted by molar-refractivity contribution is 5.78. The summed E-state index contributed by atoms with van der Waals surface area (Å²) in [6.07, 6.45) is 0.923. The maximum absolute atomic E-state index is 13.4. The van der Waals surface area contributed by atoms with Crippen LogP contribution in [0.15, 0.2) is 24.3 Å². The van der Waals surface area contributed by atoms with Gasteiger partial charge in [-0.1, -0.05) is 12.1 Å². The van der Waals surface area contributed by atoms with Crippen LogP contribution in [0.25, 0.3) is 0 Å². The van der Waals surface area contributed by atoms with Crippen molar-refractivity contribution in [3.63, 3.8) is 0 Å². The van der Waals surface area contributed by atoms with E-state index < -0.39 is 5.82 Å². The highest BCUT2D eigenvalue weighted by atomic mass is 19.1. The fourth-order valence-electron chi connectivity index (χ4n) is 2.85. The van der Waals surface area contributed by atoms with Crippen molar-refractivity contribution in [2.24, 2.45) is 0 Å². The molecule has 0 saturated carbocycles. The third kappa shape index (κ3) is 6.63. The zero-order valence-electron chi connectivity index (χ0n) is 15.5. The molecule has 0 aliphatic carbocycles. The summed E-state index contributed by atoms with van der Waals surface area (Å²) in [5.74, 6) is -0.0804. The lowest BCUT2D eigenvalue weighted by Crippen LogP contribution is -2.51. The molecule has 1 aromatic carbocycles. The van der Waals surface area contributed by atoms with Gasteiger partial charge in [-0.3, -0.25) is 14.5 Å². The second-order valence-electron chi connectivity index (χ2n) is 6.76. The van der Waals surface area contributed by atoms with Crippen LogP contribution < -0.4 is 10.1 Å². The molecule has 7 heteroatoms. The number of benzene rings is 1. The highest BCUT2D eigenvalue weighted by Crippen LogP contribution is 2.15. The summed E-state index contributed by atoms with van der Waals surface area (Å²) in [5.41, 5.74) is 0. The lowest BCUT2D eigenvalue weighted by atomic mass is 10.2. The summed E-state index contributed by atoms with van der Waals surface area (Å²) in [4.78, 5) is 27.9. The number of hydrogen-bond acceptors (Lipinski definition) is 4. The molecule has 0 radical (unpaired) electrons. The first kappa shape index (κ1) is 20.2. The van der Waals surface area contributed by atoms with Gasteiger partial charge in [0.05, 0.1) is 13.2 Å². The number of para-hydroxylation sites is 1. The Bertz CT molecular complexity index is 601. The summed E-state index contributed by atoms with van der Waals surface area (Å²) in [7, 11) is 0. The van der Waals surface area contributed by atoms with Crippen molar-refractivity contribution in [3.05, 3.63) is 30.1 Å². The van der Waals surface area contributed by atoms with Gasteiger partial charge in [-0.25, -0.2) is 4.39 Å². The monoisotopic (exact) mass is 365 g/mol. The van der Waals surface area contributed by atoms with Crippen molar-refractivity contribution in [3.8, 4) is 5.75 Å². The normalized spacial score (nSPS) is 15.2. The van der Waals surface area contributed by atoms with Crippen LogP contribution in [-0.2, 0) is 9.59 Å². The quantitative estimate of drug-likeness (QED) is 0.712. The molecule has 0 aromatic heterocycles. The molecule has 2 rings (SSSR count). The maximum atomic E-state index is 13.4. The molecule has 0 unspecified atom stereocenters. The van der Waals surface area contributed by atoms with E-state index in [9.17, 15) is 14.0 Å². The number of hydrogen-bond donors (Lipinski definition) is 1. The van der Waals surface area contributed by atoms with Crippen molar-refractivity contribution in [1.29, 1.82) is 0 Å². The minimum Gasteiger partial charge on any atom is -0.491 e. The molecule has 1 N–H and O–H groups in total. The lowest BCUT2D eigenvalue weighted by molar-refractivity contribution is -0.133. The van der Waals surface area contributed by atoms with Gasteiger partial charge in [0.1, 0.15) is 0 Å². The van der Waals surface area contributed by atoms with Gasteiger partial charge in [-0.15, -0.1) is 0 Å². The molecule has 1 aromatic rings. The highest BCUT2D eigenvalue weighted by Gasteiger charge is 2.22. The molecule has 26 heavy (non-hydrogen) atoms. The minimum atomic E-state index is -0.392. The molecule has 0 atom stereocenters. The average Bonchev–Trinajstić information content (AvgIpc) is 2.60. The zero-order chi connectivity index (χ0) is 18.9. The summed E-state index contributed by atoms with van der Waals surface area (Å²) in [5, 5.41) is 2.87. The van der Waals surface area contributed by atoms with Gasteiger partial charge < -0.3 is 15.0 Å². The van der Waals surface area contributed by atoms with E-state index in [1.54, 1.807) is 18.2 Å². The molecule has 1 heterocycles. The minimum absolute atomic E-state index is 0.0186. The van der Waals surface area contributed by atoms with Gasteiger partial charge in [0.25, 0.3) is 0 Å². The number of amides is 2. The Balaban J connectivity index is 1.62. The summed E-state index contributed by atoms with van der Waals surface area (Å²) < 4.78 is 18.8. The van der Waals surface area contributed by atoms with E-state index >= 15 is 0 Å². The molecule has 6 nitrogen and oxygen atoms in total. The Morgan fingerprint density at radius 1 is 1.19 bits per heavy atom. The van der Waals surface area contributed by atoms with Crippen LogP contribution in [0, 0.1) is 5.82 Å². The van der Waals surface area contributed by atoms with E-state index in [1.807, 2.05) is 18.7 Å². The van der Waals surface area contributed by atoms with Crippen molar-refractivity contribution in [2.75, 3.05) is 39.3 Å². The van der Waals surface area contributed by atoms with Gasteiger partial charge in [0.2, 0.25) is 11.8 Å². The van der Waals surface area contributed by atoms with Crippen LogP contribution in [0.2, 0.25) is 0 Å². The van der Waals surface area contributed by atoms with Gasteiger partial charge in [-0.05, 0) is 32.4 Å². The molecule has 1 aliphatic rings. The average molecular weight is 365 g/mol. The van der Waals surface area contributed by atoms with Crippen LogP contribution in [0.4, 0.5) is 4.39 Å². The molecule has 0 bridgehead atoms. The molecule has 1 fully saturated rings. The van der Waals surface area contributed by atoms with Crippen molar-refractivity contribution in [1.82, 2.24) is 15.1 Å². The van der Waals surface area contributed by atoms with E-state index in [-0.39, 0.29) is 23.6 Å². The molecular formula is C19H28FN3O3. The van der Waals surface area contributed by atoms with Crippen LogP contribution in [0.1, 0.15) is 26.7 Å². The number of carbonyl (C=O) groups is 2. The van der Waals surface area contributed by atoms with E-state index in [1.165, 1.54) is 6.07 Å². The fourth-order valence-corrected chi connectivity index (χ4v) is 2.85. The zero-order valence-corrected chi connectivity index (χ0v) is 15.5. The second kappa shape index (κ2) is 10.1. The first-order valence-corrected chi connectivity index (χ1v) is 9.12. The molecular weight excluding hydrogens is 337 g/mol. The predicted molar refractivity (Wildman–Crippen MR) is 97.4 cm³/mol. The molecule has 1 saturated heterocycles. The summed E-state index contributed by atoms with van der Waals surface area (Å²) in [6, 6.07) is 6.38. The van der Waals surface area contributed by atoms with Gasteiger partial charge >= 0.3 is 0 Å². The van der Waals surface area contributed by atoms with Gasteiger partial charge in [-0.2, -0.15) is 0 Å². The third-order valence-corrected chi connectivity index (χ3v) is 4.17. The second-order valence-corrected chi connectivity index (χ2v) is 6.76. The number of nitrogens with zero attached hydrogens (tertiary/aromatic N) is 2. The topological polar surface area (TPSA) is 61.9 Å². The number of carbonyl (C=O) groups excluding carboxylic acids is 2. The van der Waals surface area contributed by atoms with Crippen LogP contribution >= 0.6 is 0 Å². The lowest BCUT2D eigenvalue weighted by Gasteiger charge is -2.34. The number of nitrogens with one attached hydrogen (secondary N) is 1. The summed E-state index contributed by atoms with van der Waals surface area (Å²) >= 11 is 0. The van der Waals surface area contributed by atoms with Crippen molar-refractivity contribution in [2.45, 2.75) is 32.7 Å². The van der Waals surface area contributed by atoms with Crippen LogP contribution in [0.5, 0.6) is 5.75 Å². The van der Waals surface area contributed by atoms with Crippen molar-refractivity contribution >= 4 is 11.8 Å². The number of halogens is 1. The summed E-state index contributed by atoms with van der Waals surface area (Å²) in [6.45, 7) is 7.20. The number of ether oxygens (including phenoxy) is 1. The first-order chi connectivity index (χ1) is 12.5. The fraction of sp³-hybridized carbons (Fsp3) is 0.579. The third-order valence-electron chi connectivity index (χ3n) is 4.17. The molecule has 1 aliphatic heterocycles. The van der Waals surface area contributed by atoms with E-state index in [0.717, 1.165) is 0 Å². The van der Waals surface area contributed by atoms with Crippen molar-refractivity contribution < 1.29 is 18.7 Å².